The predicted molar refractivity (Wildman–Crippen MR) is 85.0 cm³/mol. The number of nitrogens with one attached hydrogen (secondary N) is 1. The van der Waals surface area contributed by atoms with Crippen LogP contribution in [0.5, 0.6) is 0 Å². The van der Waals surface area contributed by atoms with Crippen molar-refractivity contribution in [1.29, 1.82) is 0 Å². The van der Waals surface area contributed by atoms with Crippen molar-refractivity contribution in [1.82, 2.24) is 9.03 Å². The molecule has 0 spiro atoms. The Kier molecular flexibility index (Phi) is 5.03. The van der Waals surface area contributed by atoms with E-state index in [1.54, 1.807) is 0 Å². The highest BCUT2D eigenvalue weighted by atomic mass is 32.2. The van der Waals surface area contributed by atoms with Crippen molar-refractivity contribution >= 4 is 10.2 Å². The minimum atomic E-state index is -3.48. The second-order valence-electron chi connectivity index (χ2n) is 5.75. The van der Waals surface area contributed by atoms with Crippen molar-refractivity contribution in [2.45, 2.75) is 45.2 Å². The maximum atomic E-state index is 12.4. The van der Waals surface area contributed by atoms with Crippen LogP contribution < -0.4 is 10.5 Å². The lowest BCUT2D eigenvalue weighted by molar-refractivity contribution is 0.360. The van der Waals surface area contributed by atoms with E-state index in [-0.39, 0.29) is 6.54 Å². The maximum Gasteiger partial charge on any atom is 0.279 e. The number of nitrogens with zero attached hydrogens (tertiary/aromatic N) is 1. The van der Waals surface area contributed by atoms with Gasteiger partial charge in [0.1, 0.15) is 0 Å². The summed E-state index contributed by atoms with van der Waals surface area (Å²) >= 11 is 0. The van der Waals surface area contributed by atoms with Crippen molar-refractivity contribution in [2.75, 3.05) is 13.1 Å². The van der Waals surface area contributed by atoms with Crippen molar-refractivity contribution < 1.29 is 8.42 Å². The van der Waals surface area contributed by atoms with E-state index < -0.39 is 15.7 Å². The summed E-state index contributed by atoms with van der Waals surface area (Å²) in [4.78, 5) is 0. The Morgan fingerprint density at radius 3 is 2.48 bits per heavy atom. The molecule has 0 aromatic heterocycles. The van der Waals surface area contributed by atoms with E-state index >= 15 is 0 Å². The molecule has 1 aromatic rings. The van der Waals surface area contributed by atoms with E-state index in [9.17, 15) is 8.42 Å². The van der Waals surface area contributed by atoms with Gasteiger partial charge in [0.15, 0.2) is 0 Å². The molecule has 5 nitrogen and oxygen atoms in total. The van der Waals surface area contributed by atoms with Crippen LogP contribution in [0, 0.1) is 0 Å². The zero-order chi connectivity index (χ0) is 15.5. The third-order valence-corrected chi connectivity index (χ3v) is 5.95. The van der Waals surface area contributed by atoms with Gasteiger partial charge in [-0.2, -0.15) is 12.7 Å². The largest absolute Gasteiger partial charge is 0.324 e. The summed E-state index contributed by atoms with van der Waals surface area (Å²) < 4.78 is 29.0. The Labute approximate surface area is 127 Å². The number of fused-ring (bicyclic) bond motifs is 1. The molecule has 1 heterocycles. The van der Waals surface area contributed by atoms with Crippen LogP contribution in [0.2, 0.25) is 0 Å². The average Bonchev–Trinajstić information content (AvgIpc) is 2.52. The van der Waals surface area contributed by atoms with Gasteiger partial charge in [0, 0.05) is 25.2 Å². The molecule has 2 rings (SSSR count). The molecule has 21 heavy (non-hydrogen) atoms. The van der Waals surface area contributed by atoms with Crippen LogP contribution in [-0.2, 0) is 23.2 Å². The van der Waals surface area contributed by atoms with Crippen LogP contribution in [0.15, 0.2) is 24.3 Å². The quantitative estimate of drug-likeness (QED) is 0.834. The van der Waals surface area contributed by atoms with Gasteiger partial charge in [-0.3, -0.25) is 0 Å². The molecule has 0 fully saturated rings. The van der Waals surface area contributed by atoms with Crippen molar-refractivity contribution in [3.8, 4) is 0 Å². The highest BCUT2D eigenvalue weighted by molar-refractivity contribution is 7.87. The monoisotopic (exact) mass is 311 g/mol. The molecule has 0 amide bonds. The number of nitrogens with two attached hydrogens (primary N) is 1. The summed E-state index contributed by atoms with van der Waals surface area (Å²) in [5, 5.41) is 0. The van der Waals surface area contributed by atoms with Crippen LogP contribution in [0.4, 0.5) is 0 Å². The number of hydrogen-bond donors (Lipinski definition) is 2. The minimum absolute atomic E-state index is 0.278. The molecule has 0 radical (unpaired) electrons. The molecule has 0 aliphatic carbocycles. The fourth-order valence-corrected chi connectivity index (χ4v) is 3.79. The van der Waals surface area contributed by atoms with E-state index in [2.05, 4.69) is 10.8 Å². The first-order chi connectivity index (χ1) is 9.90. The zero-order valence-corrected chi connectivity index (χ0v) is 13.6. The third-order valence-electron chi connectivity index (χ3n) is 4.45. The highest BCUT2D eigenvalue weighted by Crippen LogP contribution is 2.20. The molecule has 3 N–H and O–H groups in total. The molecule has 6 heteroatoms. The van der Waals surface area contributed by atoms with Gasteiger partial charge in [0.2, 0.25) is 0 Å². The van der Waals surface area contributed by atoms with Gasteiger partial charge in [-0.25, -0.2) is 4.72 Å². The van der Waals surface area contributed by atoms with Crippen LogP contribution in [0.3, 0.4) is 0 Å². The van der Waals surface area contributed by atoms with Crippen LogP contribution in [0.1, 0.15) is 37.8 Å². The molecule has 0 saturated heterocycles. The Balaban J connectivity index is 2.05. The summed E-state index contributed by atoms with van der Waals surface area (Å²) in [7, 11) is -3.48. The summed E-state index contributed by atoms with van der Waals surface area (Å²) in [6.45, 7) is 5.19. The second kappa shape index (κ2) is 6.44. The SMILES string of the molecule is CCC(N)(CC)CNS(=O)(=O)N1CCc2ccccc2C1. The van der Waals surface area contributed by atoms with Gasteiger partial charge >= 0.3 is 0 Å². The fraction of sp³-hybridized carbons (Fsp3) is 0.600. The lowest BCUT2D eigenvalue weighted by Gasteiger charge is -2.31. The Bertz CT molecular complexity index is 582. The topological polar surface area (TPSA) is 75.4 Å². The molecular weight excluding hydrogens is 286 g/mol. The summed E-state index contributed by atoms with van der Waals surface area (Å²) in [6.07, 6.45) is 2.25. The highest BCUT2D eigenvalue weighted by Gasteiger charge is 2.29. The van der Waals surface area contributed by atoms with Gasteiger partial charge in [-0.1, -0.05) is 38.1 Å². The molecule has 0 atom stereocenters. The summed E-state index contributed by atoms with van der Waals surface area (Å²) in [5.41, 5.74) is 8.01. The first kappa shape index (κ1) is 16.4. The van der Waals surface area contributed by atoms with Gasteiger partial charge < -0.3 is 5.73 Å². The maximum absolute atomic E-state index is 12.4. The van der Waals surface area contributed by atoms with Gasteiger partial charge in [0.05, 0.1) is 0 Å². The van der Waals surface area contributed by atoms with Crippen LogP contribution in [-0.4, -0.2) is 31.4 Å². The van der Waals surface area contributed by atoms with E-state index in [1.807, 2.05) is 32.0 Å². The number of benzene rings is 1. The standard InChI is InChI=1S/C15H25N3O2S/c1-3-15(16,4-2)12-17-21(19,20)18-10-9-13-7-5-6-8-14(13)11-18/h5-8,17H,3-4,9-12,16H2,1-2H3. The second-order valence-corrected chi connectivity index (χ2v) is 7.50. The lowest BCUT2D eigenvalue weighted by Crippen LogP contribution is -2.52. The predicted octanol–water partition coefficient (Wildman–Crippen LogP) is 1.40. The van der Waals surface area contributed by atoms with E-state index in [0.717, 1.165) is 24.8 Å². The molecule has 118 valence electrons. The molecule has 0 unspecified atom stereocenters. The van der Waals surface area contributed by atoms with E-state index in [1.165, 1.54) is 9.87 Å². The molecule has 1 aromatic carbocycles. The van der Waals surface area contributed by atoms with Crippen LogP contribution >= 0.6 is 0 Å². The zero-order valence-electron chi connectivity index (χ0n) is 12.8. The van der Waals surface area contributed by atoms with E-state index in [4.69, 9.17) is 5.73 Å². The van der Waals surface area contributed by atoms with Gasteiger partial charge in [-0.05, 0) is 30.4 Å². The van der Waals surface area contributed by atoms with Gasteiger partial charge in [-0.15, -0.1) is 0 Å². The van der Waals surface area contributed by atoms with Gasteiger partial charge in [0.25, 0.3) is 10.2 Å². The minimum Gasteiger partial charge on any atom is -0.324 e. The number of hydrogen-bond acceptors (Lipinski definition) is 3. The smallest absolute Gasteiger partial charge is 0.279 e. The van der Waals surface area contributed by atoms with Crippen molar-refractivity contribution in [2.24, 2.45) is 5.73 Å². The molecule has 1 aliphatic rings. The Hall–Kier alpha value is -0.950. The van der Waals surface area contributed by atoms with Crippen molar-refractivity contribution in [3.63, 3.8) is 0 Å². The molecule has 0 saturated carbocycles. The molecular formula is C15H25N3O2S. The lowest BCUT2D eigenvalue weighted by atomic mass is 9.95. The molecule has 1 aliphatic heterocycles. The first-order valence-corrected chi connectivity index (χ1v) is 8.94. The van der Waals surface area contributed by atoms with Crippen molar-refractivity contribution in [3.05, 3.63) is 35.4 Å². The third kappa shape index (κ3) is 3.83. The summed E-state index contributed by atoms with van der Waals surface area (Å²) in [6, 6.07) is 7.99. The fourth-order valence-electron chi connectivity index (χ4n) is 2.50. The summed E-state index contributed by atoms with van der Waals surface area (Å²) in [5.74, 6) is 0. The first-order valence-electron chi connectivity index (χ1n) is 7.50. The van der Waals surface area contributed by atoms with E-state index in [0.29, 0.717) is 13.1 Å². The average molecular weight is 311 g/mol. The molecule has 0 bridgehead atoms. The number of rotatable bonds is 6. The Morgan fingerprint density at radius 2 is 1.86 bits per heavy atom. The normalized spacial score (nSPS) is 16.7. The van der Waals surface area contributed by atoms with Crippen LogP contribution in [0.25, 0.3) is 0 Å². The Morgan fingerprint density at radius 1 is 1.24 bits per heavy atom.